The van der Waals surface area contributed by atoms with Crippen LogP contribution in [0.4, 0.5) is 13.2 Å². The topological polar surface area (TPSA) is 101 Å². The van der Waals surface area contributed by atoms with E-state index in [1.54, 1.807) is 0 Å². The molecule has 0 spiro atoms. The monoisotopic (exact) mass is 656 g/mol. The Hall–Kier alpha value is -1.65. The van der Waals surface area contributed by atoms with Crippen molar-refractivity contribution in [3.05, 3.63) is 24.3 Å². The highest BCUT2D eigenvalue weighted by atomic mass is 32.2. The number of carbonyl (C=O) groups is 1. The predicted octanol–water partition coefficient (Wildman–Crippen LogP) is 7.36. The van der Waals surface area contributed by atoms with Crippen LogP contribution in [0.5, 0.6) is 5.75 Å². The quantitative estimate of drug-likeness (QED) is 0.273. The van der Waals surface area contributed by atoms with E-state index in [1.807, 2.05) is 0 Å². The van der Waals surface area contributed by atoms with Crippen LogP contribution in [0.25, 0.3) is 0 Å². The molecule has 4 fully saturated rings. The molecule has 0 aliphatic heterocycles. The van der Waals surface area contributed by atoms with Gasteiger partial charge in [0.1, 0.15) is 17.3 Å². The van der Waals surface area contributed by atoms with E-state index >= 15 is 0 Å². The molecule has 0 heterocycles. The Morgan fingerprint density at radius 2 is 1.73 bits per heavy atom. The zero-order chi connectivity index (χ0) is 32.9. The van der Waals surface area contributed by atoms with E-state index in [0.29, 0.717) is 36.0 Å². The molecule has 45 heavy (non-hydrogen) atoms. The van der Waals surface area contributed by atoms with Crippen LogP contribution in [-0.2, 0) is 14.6 Å². The predicted molar refractivity (Wildman–Crippen MR) is 165 cm³/mol. The Kier molecular flexibility index (Phi) is 9.83. The van der Waals surface area contributed by atoms with Crippen LogP contribution in [0, 0.1) is 52.3 Å². The van der Waals surface area contributed by atoms with Crippen LogP contribution in [-0.4, -0.2) is 48.7 Å². The molecule has 4 saturated carbocycles. The molecule has 254 valence electrons. The number of halogens is 3. The van der Waals surface area contributed by atoms with Crippen molar-refractivity contribution in [1.29, 1.82) is 0 Å². The summed E-state index contributed by atoms with van der Waals surface area (Å²) < 4.78 is 67.1. The number of fused-ring (bicyclic) bond motifs is 5. The Morgan fingerprint density at radius 3 is 2.42 bits per heavy atom. The largest absolute Gasteiger partial charge is 0.573 e. The Bertz CT molecular complexity index is 1330. The fraction of sp³-hybridized carbons (Fsp3) is 0.800. The number of carbonyl (C=O) groups excluding carboxylic acids is 1. The van der Waals surface area contributed by atoms with Gasteiger partial charge in [-0.3, -0.25) is 4.79 Å². The zero-order valence-electron chi connectivity index (χ0n) is 27.1. The third kappa shape index (κ3) is 6.71. The number of benzene rings is 1. The van der Waals surface area contributed by atoms with E-state index in [2.05, 4.69) is 32.4 Å². The summed E-state index contributed by atoms with van der Waals surface area (Å²) in [5, 5.41) is 22.4. The molecular weight excluding hydrogens is 605 g/mol. The van der Waals surface area contributed by atoms with Gasteiger partial charge in [0.25, 0.3) is 0 Å². The minimum atomic E-state index is -4.94. The van der Waals surface area contributed by atoms with Gasteiger partial charge in [0, 0.05) is 6.42 Å². The number of sulfone groups is 1. The van der Waals surface area contributed by atoms with E-state index in [9.17, 15) is 36.6 Å². The van der Waals surface area contributed by atoms with Crippen LogP contribution in [0.15, 0.2) is 29.2 Å². The smallest absolute Gasteiger partial charge is 0.406 e. The van der Waals surface area contributed by atoms with Gasteiger partial charge in [-0.1, -0.05) is 46.6 Å². The summed E-state index contributed by atoms with van der Waals surface area (Å²) >= 11 is 0. The summed E-state index contributed by atoms with van der Waals surface area (Å²) in [6, 6.07) is 4.15. The first kappa shape index (κ1) is 34.7. The molecule has 0 unspecified atom stereocenters. The van der Waals surface area contributed by atoms with Gasteiger partial charge in [-0.25, -0.2) is 8.42 Å². The van der Waals surface area contributed by atoms with Gasteiger partial charge in [0.05, 0.1) is 17.1 Å². The molecule has 1 aromatic rings. The Morgan fingerprint density at radius 1 is 1.04 bits per heavy atom. The molecule has 0 saturated heterocycles. The molecule has 10 heteroatoms. The SMILES string of the molecule is CC[C@H]1[C@@H](O)[C@@H]2[C@H](CC[C@]3(C)[C@@H]([C@H](C)CCCC(=O)CS(=O)(=O)c4cccc(OC(F)(F)F)c4)CC[C@@H]23)[C@@]2(C)CC[C@@H](O)C[C@@H]12. The molecule has 6 nitrogen and oxygen atoms in total. The molecule has 0 bridgehead atoms. The maximum absolute atomic E-state index is 12.8. The molecule has 11 atom stereocenters. The van der Waals surface area contributed by atoms with E-state index < -0.39 is 33.5 Å². The average Bonchev–Trinajstić information content (AvgIpc) is 3.30. The molecular formula is C35H51F3O6S. The van der Waals surface area contributed by atoms with Gasteiger partial charge in [-0.2, -0.15) is 0 Å². The average molecular weight is 657 g/mol. The standard InChI is InChI=1S/C35H51F3O6S/c1-5-26-30-18-22(39)14-16-34(30,4)29-15-17-33(3)27(12-13-28(33)31(29)32(26)41)21(2)8-6-9-23(40)20-45(42,43)25-11-7-10-24(19-25)44-35(36,37)38/h7,10-11,19,21-22,26-32,39,41H,5-6,8-9,12-18,20H2,1-4H3/t21-,22-,26-,27-,28+,29+,30+,31+,32-,33-,34-/m1/s1. The van der Waals surface area contributed by atoms with E-state index in [-0.39, 0.29) is 46.2 Å². The van der Waals surface area contributed by atoms with Crippen LogP contribution in [0.2, 0.25) is 0 Å². The third-order valence-corrected chi connectivity index (χ3v) is 14.7. The minimum absolute atomic E-state index is 0.0996. The lowest BCUT2D eigenvalue weighted by molar-refractivity contribution is -0.274. The van der Waals surface area contributed by atoms with E-state index in [0.717, 1.165) is 76.0 Å². The number of ether oxygens (including phenoxy) is 1. The number of aliphatic hydroxyl groups excluding tert-OH is 2. The molecule has 1 aromatic carbocycles. The van der Waals surface area contributed by atoms with Crippen molar-refractivity contribution in [2.45, 2.75) is 122 Å². The van der Waals surface area contributed by atoms with Crippen molar-refractivity contribution in [3.8, 4) is 5.75 Å². The number of alkyl halides is 3. The molecule has 0 amide bonds. The van der Waals surface area contributed by atoms with Crippen molar-refractivity contribution in [3.63, 3.8) is 0 Å². The second-order valence-electron chi connectivity index (χ2n) is 15.3. The highest BCUT2D eigenvalue weighted by Crippen LogP contribution is 2.69. The van der Waals surface area contributed by atoms with Crippen molar-refractivity contribution < 1.29 is 41.3 Å². The number of Topliss-reactive ketones (excluding diaryl/α,β-unsaturated/α-hetero) is 1. The second-order valence-corrected chi connectivity index (χ2v) is 17.3. The first-order valence-corrected chi connectivity index (χ1v) is 18.6. The maximum Gasteiger partial charge on any atom is 0.573 e. The number of aliphatic hydroxyl groups is 2. The van der Waals surface area contributed by atoms with Gasteiger partial charge in [-0.05, 0) is 122 Å². The van der Waals surface area contributed by atoms with Gasteiger partial charge in [-0.15, -0.1) is 13.2 Å². The van der Waals surface area contributed by atoms with Gasteiger partial charge < -0.3 is 14.9 Å². The van der Waals surface area contributed by atoms with E-state index in [4.69, 9.17) is 0 Å². The van der Waals surface area contributed by atoms with Crippen LogP contribution < -0.4 is 4.74 Å². The Balaban J connectivity index is 1.19. The summed E-state index contributed by atoms with van der Waals surface area (Å²) in [6.07, 6.45) is 3.91. The van der Waals surface area contributed by atoms with Crippen molar-refractivity contribution in [2.75, 3.05) is 5.75 Å². The molecule has 2 N–H and O–H groups in total. The van der Waals surface area contributed by atoms with Gasteiger partial charge in [0.2, 0.25) is 0 Å². The number of hydrogen-bond acceptors (Lipinski definition) is 6. The molecule has 4 aliphatic rings. The summed E-state index contributed by atoms with van der Waals surface area (Å²) in [5.41, 5.74) is 0.260. The lowest BCUT2D eigenvalue weighted by Crippen LogP contribution is -2.62. The van der Waals surface area contributed by atoms with Gasteiger partial charge >= 0.3 is 6.36 Å². The first-order chi connectivity index (χ1) is 21.0. The highest BCUT2D eigenvalue weighted by molar-refractivity contribution is 7.92. The molecule has 5 rings (SSSR count). The van der Waals surface area contributed by atoms with Crippen LogP contribution in [0.1, 0.15) is 98.3 Å². The van der Waals surface area contributed by atoms with Gasteiger partial charge in [0.15, 0.2) is 9.84 Å². The van der Waals surface area contributed by atoms with E-state index in [1.165, 1.54) is 6.07 Å². The fourth-order valence-electron chi connectivity index (χ4n) is 11.0. The second kappa shape index (κ2) is 12.8. The number of ketones is 1. The zero-order valence-corrected chi connectivity index (χ0v) is 27.9. The lowest BCUT2D eigenvalue weighted by Gasteiger charge is -2.64. The number of rotatable bonds is 10. The molecule has 0 aromatic heterocycles. The summed E-state index contributed by atoms with van der Waals surface area (Å²) in [4.78, 5) is 12.4. The van der Waals surface area contributed by atoms with Crippen LogP contribution >= 0.6 is 0 Å². The summed E-state index contributed by atoms with van der Waals surface area (Å²) in [7, 11) is -4.10. The highest BCUT2D eigenvalue weighted by Gasteiger charge is 2.64. The lowest BCUT2D eigenvalue weighted by atomic mass is 9.41. The molecule has 0 radical (unpaired) electrons. The molecule has 4 aliphatic carbocycles. The minimum Gasteiger partial charge on any atom is -0.406 e. The Labute approximate surface area is 266 Å². The number of hydrogen-bond donors (Lipinski definition) is 2. The van der Waals surface area contributed by atoms with Crippen molar-refractivity contribution in [2.24, 2.45) is 52.3 Å². The fourth-order valence-corrected chi connectivity index (χ4v) is 12.3. The van der Waals surface area contributed by atoms with Crippen molar-refractivity contribution in [1.82, 2.24) is 0 Å². The summed E-state index contributed by atoms with van der Waals surface area (Å²) in [5.74, 6) is 0.731. The summed E-state index contributed by atoms with van der Waals surface area (Å²) in [6.45, 7) is 9.29. The van der Waals surface area contributed by atoms with Crippen molar-refractivity contribution >= 4 is 15.6 Å². The third-order valence-electron chi connectivity index (χ3n) is 13.0. The first-order valence-electron chi connectivity index (χ1n) is 17.0. The normalized spacial score (nSPS) is 39.0. The van der Waals surface area contributed by atoms with Crippen LogP contribution in [0.3, 0.4) is 0 Å². The maximum atomic E-state index is 12.8.